The third kappa shape index (κ3) is 3.58. The Labute approximate surface area is 158 Å². The molecule has 2 saturated heterocycles. The van der Waals surface area contributed by atoms with Crippen LogP contribution in [0.1, 0.15) is 29.1 Å². The molecule has 0 aromatic carbocycles. The number of ether oxygens (including phenoxy) is 1. The molecule has 0 spiro atoms. The molecule has 0 aliphatic carbocycles. The zero-order chi connectivity index (χ0) is 18.1. The summed E-state index contributed by atoms with van der Waals surface area (Å²) in [6, 6.07) is 0. The number of morpholine rings is 1. The smallest absolute Gasteiger partial charge is 0.146 e. The second kappa shape index (κ2) is 7.76. The van der Waals surface area contributed by atoms with Crippen molar-refractivity contribution in [1.82, 2.24) is 14.9 Å². The molecule has 2 aromatic heterocycles. The number of anilines is 1. The van der Waals surface area contributed by atoms with Gasteiger partial charge in [0.25, 0.3) is 0 Å². The first kappa shape index (κ1) is 18.1. The number of hydrogen-bond acceptors (Lipinski definition) is 7. The van der Waals surface area contributed by atoms with Gasteiger partial charge in [-0.2, -0.15) is 0 Å². The summed E-state index contributed by atoms with van der Waals surface area (Å²) >= 11 is 1.77. The van der Waals surface area contributed by atoms with Gasteiger partial charge in [-0.15, -0.1) is 11.3 Å². The van der Waals surface area contributed by atoms with Crippen LogP contribution >= 0.6 is 11.3 Å². The molecule has 2 aliphatic rings. The summed E-state index contributed by atoms with van der Waals surface area (Å²) in [7, 11) is 0. The molecule has 1 N–H and O–H groups in total. The quantitative estimate of drug-likeness (QED) is 0.884. The maximum absolute atomic E-state index is 9.62. The van der Waals surface area contributed by atoms with E-state index in [0.29, 0.717) is 5.92 Å². The lowest BCUT2D eigenvalue weighted by atomic mass is 9.98. The number of aliphatic hydroxyl groups excluding tert-OH is 1. The molecule has 2 fully saturated rings. The summed E-state index contributed by atoms with van der Waals surface area (Å²) in [5.74, 6) is 2.32. The van der Waals surface area contributed by atoms with Gasteiger partial charge in [0.05, 0.1) is 25.1 Å². The van der Waals surface area contributed by atoms with Crippen molar-refractivity contribution in [3.05, 3.63) is 16.3 Å². The lowest BCUT2D eigenvalue weighted by Gasteiger charge is -2.33. The topological polar surface area (TPSA) is 61.7 Å². The highest BCUT2D eigenvalue weighted by Crippen LogP contribution is 2.36. The van der Waals surface area contributed by atoms with Gasteiger partial charge in [-0.1, -0.05) is 0 Å². The summed E-state index contributed by atoms with van der Waals surface area (Å²) in [5, 5.41) is 10.8. The number of rotatable bonds is 4. The van der Waals surface area contributed by atoms with Crippen molar-refractivity contribution >= 4 is 27.4 Å². The molecule has 2 aromatic rings. The van der Waals surface area contributed by atoms with Crippen LogP contribution in [0.3, 0.4) is 0 Å². The Morgan fingerprint density at radius 2 is 2.00 bits per heavy atom. The van der Waals surface area contributed by atoms with Crippen molar-refractivity contribution < 1.29 is 9.84 Å². The van der Waals surface area contributed by atoms with Crippen molar-refractivity contribution in [3.63, 3.8) is 0 Å². The lowest BCUT2D eigenvalue weighted by Crippen LogP contribution is -2.38. The zero-order valence-electron chi connectivity index (χ0n) is 15.7. The first-order chi connectivity index (χ1) is 12.7. The van der Waals surface area contributed by atoms with Crippen LogP contribution < -0.4 is 4.90 Å². The molecule has 26 heavy (non-hydrogen) atoms. The summed E-state index contributed by atoms with van der Waals surface area (Å²) in [6.07, 6.45) is 2.21. The second-order valence-electron chi connectivity index (χ2n) is 7.45. The third-order valence-electron chi connectivity index (χ3n) is 5.60. The van der Waals surface area contributed by atoms with E-state index in [9.17, 15) is 5.11 Å². The molecule has 0 radical (unpaired) electrons. The number of piperidine rings is 1. The van der Waals surface area contributed by atoms with Crippen molar-refractivity contribution in [3.8, 4) is 0 Å². The Morgan fingerprint density at radius 1 is 1.19 bits per heavy atom. The number of aliphatic hydroxyl groups is 1. The average Bonchev–Trinajstić information content (AvgIpc) is 2.96. The number of fused-ring (bicyclic) bond motifs is 1. The standard InChI is InChI=1S/C19H28N4O2S/c1-13-14(2)26-19-17(13)18(23-5-3-4-15(10-23)12-24)20-16(21-19)11-22-6-8-25-9-7-22/h15,24H,3-12H2,1-2H3. The fraction of sp³-hybridized carbons (Fsp3) is 0.684. The number of hydrogen-bond donors (Lipinski definition) is 1. The maximum Gasteiger partial charge on any atom is 0.146 e. The highest BCUT2D eigenvalue weighted by Gasteiger charge is 2.25. The fourth-order valence-electron chi connectivity index (χ4n) is 3.94. The van der Waals surface area contributed by atoms with Crippen molar-refractivity contribution in [2.24, 2.45) is 5.92 Å². The number of aryl methyl sites for hydroxylation is 2. The fourth-order valence-corrected chi connectivity index (χ4v) is 4.98. The van der Waals surface area contributed by atoms with Crippen molar-refractivity contribution in [2.45, 2.75) is 33.2 Å². The van der Waals surface area contributed by atoms with Crippen LogP contribution in [0.25, 0.3) is 10.2 Å². The summed E-state index contributed by atoms with van der Waals surface area (Å²) in [6.45, 7) is 10.7. The molecule has 4 rings (SSSR count). The normalized spacial score (nSPS) is 22.3. The van der Waals surface area contributed by atoms with E-state index in [0.717, 1.165) is 75.3 Å². The van der Waals surface area contributed by atoms with Crippen LogP contribution in [0.2, 0.25) is 0 Å². The molecule has 4 heterocycles. The van der Waals surface area contributed by atoms with Gasteiger partial charge >= 0.3 is 0 Å². The van der Waals surface area contributed by atoms with E-state index < -0.39 is 0 Å². The monoisotopic (exact) mass is 376 g/mol. The van der Waals surface area contributed by atoms with Gasteiger partial charge in [-0.05, 0) is 38.2 Å². The van der Waals surface area contributed by atoms with Crippen molar-refractivity contribution in [2.75, 3.05) is 50.9 Å². The summed E-state index contributed by atoms with van der Waals surface area (Å²) in [5.41, 5.74) is 1.30. The first-order valence-corrected chi connectivity index (χ1v) is 10.4. The van der Waals surface area contributed by atoms with E-state index in [4.69, 9.17) is 14.7 Å². The van der Waals surface area contributed by atoms with Gasteiger partial charge in [0.15, 0.2) is 0 Å². The molecule has 7 heteroatoms. The number of nitrogens with zero attached hydrogens (tertiary/aromatic N) is 4. The van der Waals surface area contributed by atoms with E-state index in [2.05, 4.69) is 23.6 Å². The summed E-state index contributed by atoms with van der Waals surface area (Å²) in [4.78, 5) is 17.1. The number of aromatic nitrogens is 2. The largest absolute Gasteiger partial charge is 0.396 e. The van der Waals surface area contributed by atoms with Crippen LogP contribution in [0.15, 0.2) is 0 Å². The highest BCUT2D eigenvalue weighted by atomic mass is 32.1. The van der Waals surface area contributed by atoms with E-state index in [1.807, 2.05) is 0 Å². The molecule has 0 bridgehead atoms. The van der Waals surface area contributed by atoms with E-state index in [1.165, 1.54) is 15.8 Å². The predicted octanol–water partition coefficient (Wildman–Crippen LogP) is 2.35. The zero-order valence-corrected chi connectivity index (χ0v) is 16.5. The molecular weight excluding hydrogens is 348 g/mol. The van der Waals surface area contributed by atoms with Crippen molar-refractivity contribution in [1.29, 1.82) is 0 Å². The van der Waals surface area contributed by atoms with Gasteiger partial charge < -0.3 is 14.7 Å². The predicted molar refractivity (Wildman–Crippen MR) is 105 cm³/mol. The Kier molecular flexibility index (Phi) is 5.40. The Bertz CT molecular complexity index is 772. The molecule has 0 amide bonds. The Balaban J connectivity index is 1.70. The molecule has 2 aliphatic heterocycles. The van der Waals surface area contributed by atoms with Crippen LogP contribution in [0.4, 0.5) is 5.82 Å². The number of thiophene rings is 1. The maximum atomic E-state index is 9.62. The molecule has 6 nitrogen and oxygen atoms in total. The molecule has 1 unspecified atom stereocenters. The van der Waals surface area contributed by atoms with E-state index >= 15 is 0 Å². The minimum Gasteiger partial charge on any atom is -0.396 e. The Hall–Kier alpha value is -1.28. The first-order valence-electron chi connectivity index (χ1n) is 9.58. The van der Waals surface area contributed by atoms with Crippen LogP contribution in [-0.2, 0) is 11.3 Å². The molecule has 1 atom stereocenters. The molecular formula is C19H28N4O2S. The van der Waals surface area contributed by atoms with Gasteiger partial charge in [0, 0.05) is 37.7 Å². The summed E-state index contributed by atoms with van der Waals surface area (Å²) < 4.78 is 5.46. The van der Waals surface area contributed by atoms with Crippen LogP contribution in [0.5, 0.6) is 0 Å². The van der Waals surface area contributed by atoms with E-state index in [1.54, 1.807) is 11.3 Å². The van der Waals surface area contributed by atoms with Gasteiger partial charge in [0.2, 0.25) is 0 Å². The Morgan fingerprint density at radius 3 is 2.77 bits per heavy atom. The minimum absolute atomic E-state index is 0.257. The minimum atomic E-state index is 0.257. The molecule has 0 saturated carbocycles. The van der Waals surface area contributed by atoms with Gasteiger partial charge in [-0.25, -0.2) is 9.97 Å². The SMILES string of the molecule is Cc1sc2nc(CN3CCOCC3)nc(N3CCCC(CO)C3)c2c1C. The van der Waals surface area contributed by atoms with Gasteiger partial charge in [0.1, 0.15) is 16.5 Å². The van der Waals surface area contributed by atoms with Crippen LogP contribution in [-0.4, -0.2) is 66.0 Å². The average molecular weight is 377 g/mol. The molecule has 142 valence electrons. The van der Waals surface area contributed by atoms with Crippen LogP contribution in [0, 0.1) is 19.8 Å². The lowest BCUT2D eigenvalue weighted by molar-refractivity contribution is 0.0331. The second-order valence-corrected chi connectivity index (χ2v) is 8.66. The van der Waals surface area contributed by atoms with Gasteiger partial charge in [-0.3, -0.25) is 4.90 Å². The highest BCUT2D eigenvalue weighted by molar-refractivity contribution is 7.18. The third-order valence-corrected chi connectivity index (χ3v) is 6.70. The van der Waals surface area contributed by atoms with E-state index in [-0.39, 0.29) is 6.61 Å².